The van der Waals surface area contributed by atoms with E-state index in [9.17, 15) is 4.79 Å². The highest BCUT2D eigenvalue weighted by Gasteiger charge is 2.33. The van der Waals surface area contributed by atoms with Crippen molar-refractivity contribution in [3.05, 3.63) is 46.4 Å². The molecule has 5 nitrogen and oxygen atoms in total. The number of aromatic nitrogens is 1. The molecule has 0 unspecified atom stereocenters. The Morgan fingerprint density at radius 1 is 1.33 bits per heavy atom. The molecule has 1 aliphatic rings. The van der Waals surface area contributed by atoms with Crippen molar-refractivity contribution in [3.8, 4) is 5.75 Å². The number of carbonyl (C=O) groups is 1. The number of methoxy groups -OCH3 is 1. The summed E-state index contributed by atoms with van der Waals surface area (Å²) in [5.74, 6) is 1.27. The van der Waals surface area contributed by atoms with Gasteiger partial charge >= 0.3 is 0 Å². The molecule has 0 spiro atoms. The second-order valence-electron chi connectivity index (χ2n) is 5.86. The molecule has 0 N–H and O–H groups in total. The van der Waals surface area contributed by atoms with Crippen LogP contribution in [-0.4, -0.2) is 36.1 Å². The summed E-state index contributed by atoms with van der Waals surface area (Å²) >= 11 is 1.57. The molecule has 0 radical (unpaired) electrons. The Balaban J connectivity index is 1.55. The number of rotatable bonds is 9. The summed E-state index contributed by atoms with van der Waals surface area (Å²) in [6.07, 6.45) is 2.02. The molecule has 1 fully saturated rings. The van der Waals surface area contributed by atoms with Crippen molar-refractivity contribution in [1.82, 2.24) is 9.88 Å². The van der Waals surface area contributed by atoms with Crippen LogP contribution in [0.2, 0.25) is 0 Å². The molecule has 1 aromatic carbocycles. The van der Waals surface area contributed by atoms with E-state index in [0.29, 0.717) is 26.3 Å². The number of thiazole rings is 1. The first kappa shape index (κ1) is 16.9. The van der Waals surface area contributed by atoms with Crippen LogP contribution < -0.4 is 4.74 Å². The Morgan fingerprint density at radius 2 is 2.12 bits per heavy atom. The van der Waals surface area contributed by atoms with Crippen molar-refractivity contribution in [2.75, 3.05) is 20.3 Å². The molecule has 1 heterocycles. The van der Waals surface area contributed by atoms with Crippen LogP contribution in [-0.2, 0) is 22.7 Å². The first-order valence-electron chi connectivity index (χ1n) is 8.15. The number of carbonyl (C=O) groups excluding carboxylic acids is 1. The molecule has 0 bridgehead atoms. The minimum atomic E-state index is 0.210. The van der Waals surface area contributed by atoms with Gasteiger partial charge in [-0.25, -0.2) is 4.98 Å². The van der Waals surface area contributed by atoms with Crippen LogP contribution in [0, 0.1) is 5.92 Å². The fraction of sp³-hybridized carbons (Fsp3) is 0.444. The lowest BCUT2D eigenvalue weighted by Crippen LogP contribution is -2.34. The predicted octanol–water partition coefficient (Wildman–Crippen LogP) is 3.11. The molecule has 2 aromatic rings. The van der Waals surface area contributed by atoms with Crippen molar-refractivity contribution in [2.24, 2.45) is 5.92 Å². The third-order valence-electron chi connectivity index (χ3n) is 3.86. The molecule has 1 aromatic heterocycles. The van der Waals surface area contributed by atoms with Crippen LogP contribution in [0.5, 0.6) is 5.75 Å². The third-order valence-corrected chi connectivity index (χ3v) is 4.73. The average molecular weight is 346 g/mol. The minimum absolute atomic E-state index is 0.210. The first-order chi connectivity index (χ1) is 11.8. The van der Waals surface area contributed by atoms with Gasteiger partial charge < -0.3 is 14.4 Å². The normalized spacial score (nSPS) is 13.7. The van der Waals surface area contributed by atoms with Crippen LogP contribution in [0.25, 0.3) is 0 Å². The molecule has 24 heavy (non-hydrogen) atoms. The van der Waals surface area contributed by atoms with E-state index in [1.807, 2.05) is 40.6 Å². The highest BCUT2D eigenvalue weighted by molar-refractivity contribution is 7.09. The molecule has 128 valence electrons. The van der Waals surface area contributed by atoms with Crippen molar-refractivity contribution in [2.45, 2.75) is 26.0 Å². The second kappa shape index (κ2) is 8.26. The van der Waals surface area contributed by atoms with Gasteiger partial charge in [0.25, 0.3) is 0 Å². The quantitative estimate of drug-likeness (QED) is 0.700. The van der Waals surface area contributed by atoms with Crippen LogP contribution >= 0.6 is 11.3 Å². The number of amides is 1. The molecule has 6 heteroatoms. The van der Waals surface area contributed by atoms with Gasteiger partial charge in [-0.1, -0.05) is 18.2 Å². The lowest BCUT2D eigenvalue weighted by atomic mass is 10.3. The number of benzene rings is 1. The smallest absolute Gasteiger partial charge is 0.226 e. The van der Waals surface area contributed by atoms with E-state index in [2.05, 4.69) is 4.98 Å². The standard InChI is InChI=1S/C18H22N2O3S/c1-22-10-9-20(18(21)14-7-8-14)11-15-13-24-17(19-15)12-23-16-5-3-2-4-6-16/h2-6,13-14H,7-12H2,1H3. The zero-order valence-electron chi connectivity index (χ0n) is 13.8. The Hall–Kier alpha value is -1.92. The van der Waals surface area contributed by atoms with E-state index in [1.54, 1.807) is 18.4 Å². The van der Waals surface area contributed by atoms with Gasteiger partial charge in [0.2, 0.25) is 5.91 Å². The van der Waals surface area contributed by atoms with Gasteiger partial charge in [0.1, 0.15) is 17.4 Å². The summed E-state index contributed by atoms with van der Waals surface area (Å²) in [6.45, 7) is 2.15. The Kier molecular flexibility index (Phi) is 5.82. The van der Waals surface area contributed by atoms with Crippen molar-refractivity contribution in [1.29, 1.82) is 0 Å². The average Bonchev–Trinajstić information content (AvgIpc) is 3.37. The number of hydrogen-bond acceptors (Lipinski definition) is 5. The molecule has 1 aliphatic carbocycles. The number of para-hydroxylation sites is 1. The summed E-state index contributed by atoms with van der Waals surface area (Å²) in [5.41, 5.74) is 0.914. The Bertz CT molecular complexity index is 655. The zero-order valence-corrected chi connectivity index (χ0v) is 14.6. The minimum Gasteiger partial charge on any atom is -0.486 e. The van der Waals surface area contributed by atoms with Gasteiger partial charge in [-0.05, 0) is 25.0 Å². The van der Waals surface area contributed by atoms with Crippen molar-refractivity contribution < 1.29 is 14.3 Å². The summed E-state index contributed by atoms with van der Waals surface area (Å²) in [7, 11) is 1.65. The molecular formula is C18H22N2O3S. The Morgan fingerprint density at radius 3 is 2.83 bits per heavy atom. The molecule has 0 aliphatic heterocycles. The monoisotopic (exact) mass is 346 g/mol. The summed E-state index contributed by atoms with van der Waals surface area (Å²) in [6, 6.07) is 9.70. The van der Waals surface area contributed by atoms with Crippen LogP contribution in [0.1, 0.15) is 23.5 Å². The van der Waals surface area contributed by atoms with Gasteiger partial charge in [0.05, 0.1) is 18.8 Å². The molecule has 3 rings (SSSR count). The van der Waals surface area contributed by atoms with Crippen LogP contribution in [0.3, 0.4) is 0 Å². The van der Waals surface area contributed by atoms with Crippen molar-refractivity contribution >= 4 is 17.2 Å². The van der Waals surface area contributed by atoms with E-state index >= 15 is 0 Å². The fourth-order valence-corrected chi connectivity index (χ4v) is 3.10. The largest absolute Gasteiger partial charge is 0.486 e. The van der Waals surface area contributed by atoms with E-state index in [1.165, 1.54) is 0 Å². The maximum Gasteiger partial charge on any atom is 0.226 e. The number of ether oxygens (including phenoxy) is 2. The Labute approximate surface area is 146 Å². The van der Waals surface area contributed by atoms with Crippen LogP contribution in [0.4, 0.5) is 0 Å². The SMILES string of the molecule is COCCN(Cc1csc(COc2ccccc2)n1)C(=O)C1CC1. The maximum absolute atomic E-state index is 12.4. The molecular weight excluding hydrogens is 324 g/mol. The van der Waals surface area contributed by atoms with Crippen molar-refractivity contribution in [3.63, 3.8) is 0 Å². The summed E-state index contributed by atoms with van der Waals surface area (Å²) in [5, 5.41) is 2.92. The summed E-state index contributed by atoms with van der Waals surface area (Å²) < 4.78 is 10.8. The van der Waals surface area contributed by atoms with E-state index in [4.69, 9.17) is 9.47 Å². The molecule has 1 amide bonds. The predicted molar refractivity (Wildman–Crippen MR) is 92.9 cm³/mol. The third kappa shape index (κ3) is 4.79. The van der Waals surface area contributed by atoms with Gasteiger partial charge in [0, 0.05) is 25.0 Å². The van der Waals surface area contributed by atoms with E-state index < -0.39 is 0 Å². The zero-order chi connectivity index (χ0) is 16.8. The van der Waals surface area contributed by atoms with Gasteiger partial charge in [-0.15, -0.1) is 11.3 Å². The van der Waals surface area contributed by atoms with Gasteiger partial charge in [-0.3, -0.25) is 4.79 Å². The highest BCUT2D eigenvalue weighted by atomic mass is 32.1. The maximum atomic E-state index is 12.4. The van der Waals surface area contributed by atoms with Gasteiger partial charge in [-0.2, -0.15) is 0 Å². The highest BCUT2D eigenvalue weighted by Crippen LogP contribution is 2.31. The number of nitrogens with zero attached hydrogens (tertiary/aromatic N) is 2. The molecule has 0 saturated heterocycles. The molecule has 1 saturated carbocycles. The summed E-state index contributed by atoms with van der Waals surface area (Å²) in [4.78, 5) is 18.8. The first-order valence-corrected chi connectivity index (χ1v) is 9.03. The fourth-order valence-electron chi connectivity index (χ4n) is 2.40. The van der Waals surface area contributed by atoms with E-state index in [-0.39, 0.29) is 11.8 Å². The topological polar surface area (TPSA) is 51.7 Å². The lowest BCUT2D eigenvalue weighted by Gasteiger charge is -2.21. The van der Waals surface area contributed by atoms with E-state index in [0.717, 1.165) is 29.3 Å². The molecule has 0 atom stereocenters. The second-order valence-corrected chi connectivity index (χ2v) is 6.80. The number of hydrogen-bond donors (Lipinski definition) is 0. The lowest BCUT2D eigenvalue weighted by molar-refractivity contribution is -0.133. The van der Waals surface area contributed by atoms with Crippen LogP contribution in [0.15, 0.2) is 35.7 Å². The van der Waals surface area contributed by atoms with Gasteiger partial charge in [0.15, 0.2) is 0 Å².